The molecule has 2 atom stereocenters. The van der Waals surface area contributed by atoms with Gasteiger partial charge in [-0.25, -0.2) is 9.78 Å². The summed E-state index contributed by atoms with van der Waals surface area (Å²) in [6, 6.07) is -0.967. The van der Waals surface area contributed by atoms with E-state index >= 15 is 0 Å². The van der Waals surface area contributed by atoms with Gasteiger partial charge >= 0.3 is 11.9 Å². The third kappa shape index (κ3) is 5.43. The number of anilines is 1. The molecule has 0 aromatic carbocycles. The van der Waals surface area contributed by atoms with Gasteiger partial charge in [0.15, 0.2) is 10.8 Å². The lowest BCUT2D eigenvalue weighted by Crippen LogP contribution is -2.71. The fourth-order valence-electron chi connectivity index (χ4n) is 2.88. The molecule has 0 unspecified atom stereocenters. The molecule has 1 fully saturated rings. The average molecular weight is 528 g/mol. The van der Waals surface area contributed by atoms with Gasteiger partial charge in [-0.3, -0.25) is 19.3 Å². The van der Waals surface area contributed by atoms with Crippen molar-refractivity contribution in [3.8, 4) is 0 Å². The summed E-state index contributed by atoms with van der Waals surface area (Å²) in [7, 11) is 1.25. The van der Waals surface area contributed by atoms with Crippen LogP contribution in [0, 0.1) is 0 Å². The molecular weight excluding hydrogens is 509 g/mol. The molecule has 176 valence electrons. The number of aliphatic carboxylic acids is 1. The summed E-state index contributed by atoms with van der Waals surface area (Å²) in [6.07, 6.45) is 0. The highest BCUT2D eigenvalue weighted by atomic mass is 35.5. The second-order valence-corrected chi connectivity index (χ2v) is 8.09. The Morgan fingerprint density at radius 2 is 2.09 bits per heavy atom. The highest BCUT2D eigenvalue weighted by molar-refractivity contribution is 8.00. The van der Waals surface area contributed by atoms with Crippen LogP contribution < -0.4 is 11.1 Å². The van der Waals surface area contributed by atoms with E-state index in [0.717, 1.165) is 16.2 Å². The van der Waals surface area contributed by atoms with Crippen LogP contribution in [0.4, 0.5) is 5.13 Å². The van der Waals surface area contributed by atoms with Crippen molar-refractivity contribution in [2.45, 2.75) is 18.3 Å². The van der Waals surface area contributed by atoms with E-state index in [1.807, 2.05) is 0 Å². The first-order valence-corrected chi connectivity index (χ1v) is 10.3. The van der Waals surface area contributed by atoms with Crippen LogP contribution in [0.5, 0.6) is 0 Å². The summed E-state index contributed by atoms with van der Waals surface area (Å²) in [4.78, 5) is 57.8. The number of aromatic nitrogens is 1. The summed E-state index contributed by atoms with van der Waals surface area (Å²) < 4.78 is 4.88. The Morgan fingerprint density at radius 1 is 1.41 bits per heavy atom. The first kappa shape index (κ1) is 27.5. The number of esters is 1. The van der Waals surface area contributed by atoms with Crippen molar-refractivity contribution in [2.75, 3.05) is 25.2 Å². The van der Waals surface area contributed by atoms with Crippen LogP contribution in [-0.4, -0.2) is 75.3 Å². The predicted octanol–water partition coefficient (Wildman–Crippen LogP) is 0.221. The standard InChI is InChI=1S/C16H17N5O7S2.2ClH/c1-6(22)28-3-7-4-29-14-10(13(24)21(14)11(7)15(25)26)19-12(23)9(20-27-2)8-5-30-16(17)18-8;;/h5,10,14H,3-4H2,1-2H3,(H2,17,18)(H,19,23)(H,25,26);2*1H/b20-9+;;/t10-,14-;;/m1../s1. The van der Waals surface area contributed by atoms with Crippen LogP contribution >= 0.6 is 47.9 Å². The third-order valence-electron chi connectivity index (χ3n) is 4.15. The van der Waals surface area contributed by atoms with Crippen LogP contribution in [0.15, 0.2) is 21.8 Å². The van der Waals surface area contributed by atoms with E-state index in [2.05, 4.69) is 20.3 Å². The number of nitrogens with zero attached hydrogens (tertiary/aromatic N) is 3. The molecule has 2 aliphatic rings. The molecule has 2 amide bonds. The molecule has 0 saturated carbocycles. The molecule has 3 heterocycles. The fourth-order valence-corrected chi connectivity index (χ4v) is 4.76. The Kier molecular flexibility index (Phi) is 9.75. The fraction of sp³-hybridized carbons (Fsp3) is 0.375. The van der Waals surface area contributed by atoms with Crippen molar-refractivity contribution in [3.05, 3.63) is 22.3 Å². The zero-order chi connectivity index (χ0) is 22.0. The summed E-state index contributed by atoms with van der Waals surface area (Å²) in [5.74, 6) is -2.98. The van der Waals surface area contributed by atoms with Gasteiger partial charge in [0.2, 0.25) is 0 Å². The lowest BCUT2D eigenvalue weighted by Gasteiger charge is -2.49. The smallest absolute Gasteiger partial charge is 0.352 e. The Labute approximate surface area is 202 Å². The van der Waals surface area contributed by atoms with Gasteiger partial charge in [0.25, 0.3) is 11.8 Å². The number of nitrogens with one attached hydrogen (secondary N) is 1. The number of carbonyl (C=O) groups is 4. The summed E-state index contributed by atoms with van der Waals surface area (Å²) in [5.41, 5.74) is 5.67. The highest BCUT2D eigenvalue weighted by Gasteiger charge is 2.54. The number of nitrogens with two attached hydrogens (primary N) is 1. The molecule has 0 spiro atoms. The van der Waals surface area contributed by atoms with Crippen molar-refractivity contribution in [3.63, 3.8) is 0 Å². The average Bonchev–Trinajstić information content (AvgIpc) is 3.13. The molecule has 0 bridgehead atoms. The zero-order valence-electron chi connectivity index (χ0n) is 16.6. The van der Waals surface area contributed by atoms with Crippen LogP contribution in [0.2, 0.25) is 0 Å². The van der Waals surface area contributed by atoms with Crippen LogP contribution in [0.25, 0.3) is 0 Å². The molecule has 12 nitrogen and oxygen atoms in total. The lowest BCUT2D eigenvalue weighted by atomic mass is 10.0. The molecule has 1 saturated heterocycles. The summed E-state index contributed by atoms with van der Waals surface area (Å²) >= 11 is 2.35. The highest BCUT2D eigenvalue weighted by Crippen LogP contribution is 2.40. The van der Waals surface area contributed by atoms with Crippen molar-refractivity contribution in [1.29, 1.82) is 0 Å². The number of fused-ring (bicyclic) bond motifs is 1. The van der Waals surface area contributed by atoms with Gasteiger partial charge in [-0.2, -0.15) is 0 Å². The number of halogens is 2. The van der Waals surface area contributed by atoms with E-state index in [0.29, 0.717) is 5.57 Å². The molecule has 0 aliphatic carbocycles. The topological polar surface area (TPSA) is 174 Å². The third-order valence-corrected chi connectivity index (χ3v) is 6.16. The molecule has 16 heteroatoms. The Hall–Kier alpha value is -2.55. The minimum atomic E-state index is -1.32. The maximum absolute atomic E-state index is 12.7. The molecule has 32 heavy (non-hydrogen) atoms. The van der Waals surface area contributed by atoms with Crippen LogP contribution in [-0.2, 0) is 28.8 Å². The summed E-state index contributed by atoms with van der Waals surface area (Å²) in [5, 5.41) is 16.9. The number of nitrogen functional groups attached to an aromatic ring is 1. The number of rotatable bonds is 7. The van der Waals surface area contributed by atoms with Crippen molar-refractivity contribution >= 4 is 82.5 Å². The second kappa shape index (κ2) is 11.4. The quantitative estimate of drug-likeness (QED) is 0.192. The van der Waals surface area contributed by atoms with Gasteiger partial charge < -0.3 is 25.7 Å². The number of thioether (sulfide) groups is 1. The SMILES string of the molecule is CO/N=C(/C(=O)N[C@@H]1C(=O)N2C(C(=O)O)=C(COC(C)=O)CS[C@H]12)c1csc(N)n1.Cl.Cl. The van der Waals surface area contributed by atoms with E-state index in [1.54, 1.807) is 0 Å². The first-order valence-electron chi connectivity index (χ1n) is 8.41. The van der Waals surface area contributed by atoms with E-state index in [-0.39, 0.29) is 59.4 Å². The molecule has 3 rings (SSSR count). The number of thiazole rings is 1. The molecular formula is C16H19Cl2N5O7S2. The number of hydrogen-bond donors (Lipinski definition) is 3. The van der Waals surface area contributed by atoms with Gasteiger partial charge in [-0.1, -0.05) is 5.16 Å². The number of β-lactam (4-membered cyclic amide) rings is 1. The van der Waals surface area contributed by atoms with Crippen molar-refractivity contribution < 1.29 is 33.9 Å². The normalized spacial score (nSPS) is 19.6. The summed E-state index contributed by atoms with van der Waals surface area (Å²) in [6.45, 7) is 0.975. The van der Waals surface area contributed by atoms with Crippen molar-refractivity contribution in [2.24, 2.45) is 5.16 Å². The van der Waals surface area contributed by atoms with Crippen LogP contribution in [0.3, 0.4) is 0 Å². The molecule has 0 radical (unpaired) electrons. The van der Waals surface area contributed by atoms with Crippen LogP contribution in [0.1, 0.15) is 12.6 Å². The molecule has 1 aromatic rings. The first-order chi connectivity index (χ1) is 14.2. The number of carbonyl (C=O) groups excluding carboxylic acids is 3. The Morgan fingerprint density at radius 3 is 2.62 bits per heavy atom. The van der Waals surface area contributed by atoms with E-state index in [4.69, 9.17) is 10.5 Å². The number of ether oxygens (including phenoxy) is 1. The van der Waals surface area contributed by atoms with Crippen molar-refractivity contribution in [1.82, 2.24) is 15.2 Å². The van der Waals surface area contributed by atoms with Gasteiger partial charge in [-0.05, 0) is 0 Å². The van der Waals surface area contributed by atoms with Gasteiger partial charge in [0, 0.05) is 23.6 Å². The number of amides is 2. The maximum atomic E-state index is 12.7. The zero-order valence-corrected chi connectivity index (χ0v) is 19.9. The minimum Gasteiger partial charge on any atom is -0.477 e. The van der Waals surface area contributed by atoms with E-state index < -0.39 is 35.2 Å². The largest absolute Gasteiger partial charge is 0.477 e. The number of carboxylic acids is 1. The number of carboxylic acid groups (broad SMARTS) is 1. The molecule has 2 aliphatic heterocycles. The Bertz CT molecular complexity index is 984. The Balaban J connectivity index is 0.00000256. The number of oxime groups is 1. The predicted molar refractivity (Wildman–Crippen MR) is 121 cm³/mol. The maximum Gasteiger partial charge on any atom is 0.352 e. The second-order valence-electron chi connectivity index (χ2n) is 6.09. The molecule has 1 aromatic heterocycles. The van der Waals surface area contributed by atoms with Gasteiger partial charge in [0.1, 0.15) is 36.5 Å². The molecule has 4 N–H and O–H groups in total. The van der Waals surface area contributed by atoms with E-state index in [1.165, 1.54) is 31.2 Å². The van der Waals surface area contributed by atoms with E-state index in [9.17, 15) is 24.3 Å². The van der Waals surface area contributed by atoms with Gasteiger partial charge in [-0.15, -0.1) is 47.9 Å². The monoisotopic (exact) mass is 527 g/mol. The van der Waals surface area contributed by atoms with Gasteiger partial charge in [0.05, 0.1) is 0 Å². The minimum absolute atomic E-state index is 0. The number of hydrogen-bond acceptors (Lipinski definition) is 11. The lowest BCUT2D eigenvalue weighted by molar-refractivity contribution is -0.150.